The average molecular weight is 413 g/mol. The Labute approximate surface area is 140 Å². The number of benzene rings is 2. The number of nitrogens with zero attached hydrogens (tertiary/aromatic N) is 1. The minimum absolute atomic E-state index is 0.342. The Morgan fingerprint density at radius 3 is 2.00 bits per heavy atom. The maximum absolute atomic E-state index is 13.7. The zero-order chi connectivity index (χ0) is 18.2. The summed E-state index contributed by atoms with van der Waals surface area (Å²) in [5.41, 5.74) is -2.99. The van der Waals surface area contributed by atoms with Crippen molar-refractivity contribution in [3.63, 3.8) is 0 Å². The number of aryl methyl sites for hydroxylation is 1. The van der Waals surface area contributed by atoms with Crippen LogP contribution in [0.2, 0.25) is 0 Å². The molecule has 0 unspecified atom stereocenters. The number of alkyl halides is 3. The Morgan fingerprint density at radius 2 is 1.50 bits per heavy atom. The van der Waals surface area contributed by atoms with Crippen molar-refractivity contribution < 1.29 is 30.7 Å². The molecule has 0 bridgehead atoms. The maximum atomic E-state index is 13.7. The van der Waals surface area contributed by atoms with E-state index in [-0.39, 0.29) is 0 Å². The molecule has 2 rings (SSSR count). The molecule has 0 aliphatic heterocycles. The zero-order valence-electron chi connectivity index (χ0n) is 11.8. The molecule has 0 aliphatic rings. The van der Waals surface area contributed by atoms with Crippen LogP contribution in [0.4, 0.5) is 36.4 Å². The standard InChI is InChI=1S/C15H7F7NSe/c1-6-3-2-4-7(14(6)24)5-23-13-11(18)9(16)8(15(20,21)22)10(17)12(13)19/h2-5H,1H3. The van der Waals surface area contributed by atoms with Gasteiger partial charge < -0.3 is 0 Å². The van der Waals surface area contributed by atoms with E-state index >= 15 is 0 Å². The molecule has 0 heterocycles. The van der Waals surface area contributed by atoms with Crippen LogP contribution in [-0.4, -0.2) is 22.2 Å². The minimum atomic E-state index is -5.58. The molecule has 0 amide bonds. The number of hydrogen-bond acceptors (Lipinski definition) is 1. The van der Waals surface area contributed by atoms with Crippen LogP contribution in [-0.2, 0) is 6.18 Å². The molecule has 9 heteroatoms. The van der Waals surface area contributed by atoms with Gasteiger partial charge in [-0.05, 0) is 0 Å². The van der Waals surface area contributed by atoms with Crippen molar-refractivity contribution in [3.05, 3.63) is 58.2 Å². The van der Waals surface area contributed by atoms with Crippen LogP contribution < -0.4 is 4.46 Å². The van der Waals surface area contributed by atoms with Crippen LogP contribution in [0.15, 0.2) is 23.2 Å². The molecule has 0 aliphatic carbocycles. The molecule has 0 atom stereocenters. The van der Waals surface area contributed by atoms with Crippen molar-refractivity contribution >= 4 is 32.4 Å². The number of rotatable bonds is 2. The predicted octanol–water partition coefficient (Wildman–Crippen LogP) is 4.11. The molecule has 127 valence electrons. The molecule has 0 N–H and O–H groups in total. The predicted molar refractivity (Wildman–Crippen MR) is 75.1 cm³/mol. The molecule has 2 aromatic rings. The summed E-state index contributed by atoms with van der Waals surface area (Å²) in [7, 11) is 0. The SMILES string of the molecule is Cc1cccc(C=Nc2c(F)c(F)c(C(F)(F)F)c(F)c2F)c1[Se]. The van der Waals surface area contributed by atoms with Gasteiger partial charge in [-0.2, -0.15) is 0 Å². The van der Waals surface area contributed by atoms with Crippen LogP contribution in [0.5, 0.6) is 0 Å². The van der Waals surface area contributed by atoms with Crippen molar-refractivity contribution in [2.24, 2.45) is 4.99 Å². The monoisotopic (exact) mass is 414 g/mol. The molecule has 1 nitrogen and oxygen atoms in total. The van der Waals surface area contributed by atoms with Crippen LogP contribution in [0.3, 0.4) is 0 Å². The van der Waals surface area contributed by atoms with E-state index in [0.29, 0.717) is 10.0 Å². The van der Waals surface area contributed by atoms with Gasteiger partial charge in [-0.25, -0.2) is 0 Å². The first-order valence-corrected chi connectivity index (χ1v) is 7.15. The van der Waals surface area contributed by atoms with Gasteiger partial charge in [0.1, 0.15) is 0 Å². The van der Waals surface area contributed by atoms with Crippen LogP contribution >= 0.6 is 0 Å². The van der Waals surface area contributed by atoms with Gasteiger partial charge in [0.15, 0.2) is 0 Å². The van der Waals surface area contributed by atoms with Crippen LogP contribution in [0.1, 0.15) is 16.7 Å². The van der Waals surface area contributed by atoms with Crippen LogP contribution in [0.25, 0.3) is 0 Å². The van der Waals surface area contributed by atoms with E-state index in [0.717, 1.165) is 11.8 Å². The second-order valence-corrected chi connectivity index (χ2v) is 5.59. The van der Waals surface area contributed by atoms with Gasteiger partial charge in [0.05, 0.1) is 0 Å². The molecule has 0 fully saturated rings. The first kappa shape index (κ1) is 18.5. The average Bonchev–Trinajstić information content (AvgIpc) is 2.48. The Morgan fingerprint density at radius 1 is 0.958 bits per heavy atom. The molecular formula is C15H7F7NSe. The van der Waals surface area contributed by atoms with E-state index < -0.39 is 40.7 Å². The van der Waals surface area contributed by atoms with Gasteiger partial charge in [-0.15, -0.1) is 0 Å². The summed E-state index contributed by atoms with van der Waals surface area (Å²) < 4.78 is 92.4. The van der Waals surface area contributed by atoms with Gasteiger partial charge in [-0.1, -0.05) is 0 Å². The van der Waals surface area contributed by atoms with E-state index in [2.05, 4.69) is 21.0 Å². The molecule has 0 saturated carbocycles. The Bertz CT molecular complexity index is 799. The summed E-state index contributed by atoms with van der Waals surface area (Å²) >= 11 is 2.68. The molecule has 24 heavy (non-hydrogen) atoms. The third-order valence-electron chi connectivity index (χ3n) is 3.10. The van der Waals surface area contributed by atoms with Gasteiger partial charge in [-0.3, -0.25) is 0 Å². The summed E-state index contributed by atoms with van der Waals surface area (Å²) in [6, 6.07) is 4.81. The third-order valence-corrected chi connectivity index (χ3v) is 4.27. The second kappa shape index (κ2) is 6.56. The fourth-order valence-corrected chi connectivity index (χ4v) is 2.29. The summed E-state index contributed by atoms with van der Waals surface area (Å²) in [5, 5.41) is 0. The zero-order valence-corrected chi connectivity index (χ0v) is 13.5. The van der Waals surface area contributed by atoms with Crippen molar-refractivity contribution in [2.75, 3.05) is 0 Å². The van der Waals surface area contributed by atoms with Crippen molar-refractivity contribution in [2.45, 2.75) is 13.1 Å². The number of halogens is 7. The molecular weight excluding hydrogens is 406 g/mol. The van der Waals surface area contributed by atoms with Crippen LogP contribution in [0, 0.1) is 30.2 Å². The van der Waals surface area contributed by atoms with E-state index in [1.165, 1.54) is 6.07 Å². The first-order chi connectivity index (χ1) is 11.1. The molecule has 0 saturated heterocycles. The summed E-state index contributed by atoms with van der Waals surface area (Å²) in [5.74, 6) is -9.51. The van der Waals surface area contributed by atoms with Gasteiger partial charge in [0.25, 0.3) is 0 Å². The molecule has 0 aromatic heterocycles. The Kier molecular flexibility index (Phi) is 5.05. The van der Waals surface area contributed by atoms with E-state index in [4.69, 9.17) is 0 Å². The fraction of sp³-hybridized carbons (Fsp3) is 0.133. The van der Waals surface area contributed by atoms with E-state index in [9.17, 15) is 30.7 Å². The molecule has 0 spiro atoms. The topological polar surface area (TPSA) is 12.4 Å². The summed E-state index contributed by atoms with van der Waals surface area (Å²) in [6.07, 6.45) is -4.69. The van der Waals surface area contributed by atoms with Crippen molar-refractivity contribution in [1.82, 2.24) is 0 Å². The number of hydrogen-bond donors (Lipinski definition) is 0. The van der Waals surface area contributed by atoms with E-state index in [1.54, 1.807) is 19.1 Å². The Hall–Kier alpha value is -1.86. The van der Waals surface area contributed by atoms with Gasteiger partial charge in [0, 0.05) is 0 Å². The number of aliphatic imine (C=N–C) groups is 1. The molecule has 2 aromatic carbocycles. The normalized spacial score (nSPS) is 12.2. The fourth-order valence-electron chi connectivity index (χ4n) is 1.89. The van der Waals surface area contributed by atoms with Crippen molar-refractivity contribution in [1.29, 1.82) is 0 Å². The molecule has 1 radical (unpaired) electrons. The van der Waals surface area contributed by atoms with Gasteiger partial charge in [0.2, 0.25) is 0 Å². The first-order valence-electron chi connectivity index (χ1n) is 6.29. The second-order valence-electron chi connectivity index (χ2n) is 4.73. The quantitative estimate of drug-likeness (QED) is 0.304. The summed E-state index contributed by atoms with van der Waals surface area (Å²) in [4.78, 5) is 3.28. The summed E-state index contributed by atoms with van der Waals surface area (Å²) in [6.45, 7) is 1.72. The van der Waals surface area contributed by atoms with Crippen molar-refractivity contribution in [3.8, 4) is 0 Å². The Balaban J connectivity index is 2.61. The van der Waals surface area contributed by atoms with E-state index in [1.807, 2.05) is 0 Å². The van der Waals surface area contributed by atoms with Gasteiger partial charge >= 0.3 is 139 Å². The third kappa shape index (κ3) is 3.32.